The number of nitrogens with zero attached hydrogens (tertiary/aromatic N) is 4. The molecule has 0 N–H and O–H groups in total. The minimum absolute atomic E-state index is 0.400. The number of hydrogen-bond donors (Lipinski definition) is 0. The van der Waals surface area contributed by atoms with E-state index in [1.165, 1.54) is 0 Å². The lowest BCUT2D eigenvalue weighted by Gasteiger charge is -2.06. The minimum Gasteiger partial charge on any atom is -0.367 e. The van der Waals surface area contributed by atoms with E-state index >= 15 is 0 Å². The highest BCUT2D eigenvalue weighted by molar-refractivity contribution is 6.01. The number of aromatic nitrogens is 4. The molecule has 0 fully saturated rings. The molecule has 5 nitrogen and oxygen atoms in total. The first-order valence-corrected chi connectivity index (χ1v) is 8.07. The Labute approximate surface area is 145 Å². The van der Waals surface area contributed by atoms with E-state index in [1.807, 2.05) is 42.9 Å². The number of fused-ring (bicyclic) bond motifs is 3. The summed E-state index contributed by atoms with van der Waals surface area (Å²) in [5.41, 5.74) is 3.91. The number of pyridine rings is 2. The van der Waals surface area contributed by atoms with Crippen LogP contribution in [0.5, 0.6) is 0 Å². The second-order valence-electron chi connectivity index (χ2n) is 5.54. The molecule has 0 aliphatic carbocycles. The summed E-state index contributed by atoms with van der Waals surface area (Å²) in [4.78, 5) is 12.8. The highest BCUT2D eigenvalue weighted by atomic mass is 16.5. The molecule has 0 aliphatic rings. The molecule has 5 heteroatoms. The van der Waals surface area contributed by atoms with Crippen LogP contribution in [0.1, 0.15) is 5.56 Å². The average Bonchev–Trinajstić information content (AvgIpc) is 3.09. The van der Waals surface area contributed by atoms with E-state index in [1.54, 1.807) is 12.4 Å². The van der Waals surface area contributed by atoms with Gasteiger partial charge in [0.2, 0.25) is 0 Å². The Bertz CT molecular complexity index is 1060. The smallest absolute Gasteiger partial charge is 0.108 e. The van der Waals surface area contributed by atoms with Gasteiger partial charge in [0, 0.05) is 29.9 Å². The molecule has 0 aliphatic heterocycles. The monoisotopic (exact) mass is 328 g/mol. The maximum Gasteiger partial charge on any atom is 0.108 e. The Morgan fingerprint density at radius 2 is 1.88 bits per heavy atom. The number of para-hydroxylation sites is 1. The van der Waals surface area contributed by atoms with Crippen molar-refractivity contribution < 1.29 is 4.74 Å². The first kappa shape index (κ1) is 15.3. The molecule has 122 valence electrons. The van der Waals surface area contributed by atoms with Crippen LogP contribution in [0.15, 0.2) is 61.3 Å². The van der Waals surface area contributed by atoms with Gasteiger partial charge in [0.1, 0.15) is 12.1 Å². The molecule has 0 atom stereocenters. The molecule has 0 bridgehead atoms. The number of imidazole rings is 1. The second kappa shape index (κ2) is 7.12. The Morgan fingerprint density at radius 3 is 2.80 bits per heavy atom. The maximum atomic E-state index is 5.64. The normalized spacial score (nSPS) is 10.7. The van der Waals surface area contributed by atoms with E-state index in [9.17, 15) is 0 Å². The zero-order valence-electron chi connectivity index (χ0n) is 13.6. The van der Waals surface area contributed by atoms with Gasteiger partial charge in [-0.1, -0.05) is 30.0 Å². The molecule has 0 saturated carbocycles. The highest BCUT2D eigenvalue weighted by Gasteiger charge is 2.07. The summed E-state index contributed by atoms with van der Waals surface area (Å²) in [5, 5.41) is 1.11. The third-order valence-electron chi connectivity index (χ3n) is 3.91. The van der Waals surface area contributed by atoms with E-state index in [4.69, 9.17) is 4.74 Å². The number of ether oxygens (including phenoxy) is 1. The van der Waals surface area contributed by atoms with Gasteiger partial charge < -0.3 is 9.30 Å². The predicted molar refractivity (Wildman–Crippen MR) is 97.0 cm³/mol. The minimum atomic E-state index is 0.400. The van der Waals surface area contributed by atoms with Crippen LogP contribution in [-0.4, -0.2) is 32.7 Å². The van der Waals surface area contributed by atoms with Crippen molar-refractivity contribution in [2.45, 2.75) is 6.54 Å². The summed E-state index contributed by atoms with van der Waals surface area (Å²) in [7, 11) is 0. The van der Waals surface area contributed by atoms with Crippen molar-refractivity contribution in [1.82, 2.24) is 19.5 Å². The Morgan fingerprint density at radius 1 is 1.00 bits per heavy atom. The van der Waals surface area contributed by atoms with Gasteiger partial charge in [-0.15, -0.1) is 0 Å². The topological polar surface area (TPSA) is 52.8 Å². The lowest BCUT2D eigenvalue weighted by Crippen LogP contribution is -2.05. The zero-order valence-corrected chi connectivity index (χ0v) is 13.6. The van der Waals surface area contributed by atoms with Crippen molar-refractivity contribution in [1.29, 1.82) is 0 Å². The summed E-state index contributed by atoms with van der Waals surface area (Å²) in [6.45, 7) is 1.70. The van der Waals surface area contributed by atoms with Crippen molar-refractivity contribution >= 4 is 21.9 Å². The summed E-state index contributed by atoms with van der Waals surface area (Å²) in [6, 6.07) is 11.9. The van der Waals surface area contributed by atoms with Crippen molar-refractivity contribution in [2.24, 2.45) is 0 Å². The first-order valence-electron chi connectivity index (χ1n) is 8.07. The molecule has 3 aromatic heterocycles. The number of hydrogen-bond acceptors (Lipinski definition) is 4. The molecular weight excluding hydrogens is 312 g/mol. The van der Waals surface area contributed by atoms with Gasteiger partial charge >= 0.3 is 0 Å². The Balaban J connectivity index is 1.42. The van der Waals surface area contributed by atoms with Gasteiger partial charge in [0.15, 0.2) is 0 Å². The third-order valence-corrected chi connectivity index (χ3v) is 3.91. The molecule has 0 radical (unpaired) electrons. The van der Waals surface area contributed by atoms with Crippen molar-refractivity contribution in [3.8, 4) is 11.8 Å². The number of rotatable bonds is 4. The van der Waals surface area contributed by atoms with Crippen molar-refractivity contribution in [2.75, 3.05) is 13.2 Å². The van der Waals surface area contributed by atoms with Gasteiger partial charge in [-0.25, -0.2) is 4.98 Å². The predicted octanol–water partition coefficient (Wildman–Crippen LogP) is 3.05. The van der Waals surface area contributed by atoms with Crippen molar-refractivity contribution in [3.63, 3.8) is 0 Å². The SMILES string of the molecule is C(#Cc1ccncc1)COCCn1cnc2cnc3ccccc3c21. The lowest BCUT2D eigenvalue weighted by atomic mass is 10.2. The molecule has 3 heterocycles. The van der Waals surface area contributed by atoms with Gasteiger partial charge in [0.25, 0.3) is 0 Å². The van der Waals surface area contributed by atoms with Gasteiger partial charge in [-0.05, 0) is 18.2 Å². The van der Waals surface area contributed by atoms with E-state index in [0.717, 1.165) is 34.0 Å². The zero-order chi connectivity index (χ0) is 16.9. The third kappa shape index (κ3) is 3.35. The summed E-state index contributed by atoms with van der Waals surface area (Å²) in [5.74, 6) is 6.06. The van der Waals surface area contributed by atoms with E-state index in [-0.39, 0.29) is 0 Å². The first-order chi connectivity index (χ1) is 12.4. The molecule has 4 aromatic rings. The molecule has 25 heavy (non-hydrogen) atoms. The van der Waals surface area contributed by atoms with E-state index < -0.39 is 0 Å². The van der Waals surface area contributed by atoms with Crippen LogP contribution in [0.2, 0.25) is 0 Å². The number of benzene rings is 1. The second-order valence-corrected chi connectivity index (χ2v) is 5.54. The molecule has 0 saturated heterocycles. The standard InChI is InChI=1S/C20H16N4O/c1-2-6-18-17(5-1)20-19(14-22-18)23-15-24(20)11-13-25-12-3-4-16-7-9-21-10-8-16/h1-2,5-10,14-15H,11-13H2. The Kier molecular flexibility index (Phi) is 4.36. The van der Waals surface area contributed by atoms with Gasteiger partial charge in [-0.2, -0.15) is 0 Å². The summed E-state index contributed by atoms with van der Waals surface area (Å²) in [6.07, 6.45) is 7.11. The Hall–Kier alpha value is -3.23. The van der Waals surface area contributed by atoms with Gasteiger partial charge in [0.05, 0.1) is 30.2 Å². The molecule has 0 spiro atoms. The van der Waals surface area contributed by atoms with Crippen LogP contribution in [0, 0.1) is 11.8 Å². The van der Waals surface area contributed by atoms with Crippen LogP contribution < -0.4 is 0 Å². The van der Waals surface area contributed by atoms with Crippen LogP contribution in [0.3, 0.4) is 0 Å². The van der Waals surface area contributed by atoms with Crippen LogP contribution in [-0.2, 0) is 11.3 Å². The largest absolute Gasteiger partial charge is 0.367 e. The average molecular weight is 328 g/mol. The van der Waals surface area contributed by atoms with Crippen LogP contribution >= 0.6 is 0 Å². The fourth-order valence-corrected chi connectivity index (χ4v) is 2.73. The van der Waals surface area contributed by atoms with Gasteiger partial charge in [-0.3, -0.25) is 9.97 Å². The molecule has 0 amide bonds. The quantitative estimate of drug-likeness (QED) is 0.427. The van der Waals surface area contributed by atoms with E-state index in [0.29, 0.717) is 13.2 Å². The van der Waals surface area contributed by atoms with E-state index in [2.05, 4.69) is 37.4 Å². The molecule has 4 rings (SSSR count). The molecule has 0 unspecified atom stereocenters. The molecular formula is C20H16N4O. The maximum absolute atomic E-state index is 5.64. The fraction of sp³-hybridized carbons (Fsp3) is 0.150. The fourth-order valence-electron chi connectivity index (χ4n) is 2.73. The highest BCUT2D eigenvalue weighted by Crippen LogP contribution is 2.22. The molecule has 1 aromatic carbocycles. The lowest BCUT2D eigenvalue weighted by molar-refractivity contribution is 0.158. The van der Waals surface area contributed by atoms with Crippen LogP contribution in [0.4, 0.5) is 0 Å². The van der Waals surface area contributed by atoms with Crippen LogP contribution in [0.25, 0.3) is 21.9 Å². The summed E-state index contributed by atoms with van der Waals surface area (Å²) < 4.78 is 7.74. The summed E-state index contributed by atoms with van der Waals surface area (Å²) >= 11 is 0. The van der Waals surface area contributed by atoms with Crippen molar-refractivity contribution in [3.05, 3.63) is 66.9 Å².